The maximum atomic E-state index is 12.1. The second-order valence-corrected chi connectivity index (χ2v) is 8.17. The molecule has 4 rings (SSSR count). The maximum Gasteiger partial charge on any atom is 0.410 e. The van der Waals surface area contributed by atoms with Crippen LogP contribution in [0.3, 0.4) is 0 Å². The van der Waals surface area contributed by atoms with Crippen molar-refractivity contribution in [3.8, 4) is 17.0 Å². The highest BCUT2D eigenvalue weighted by molar-refractivity contribution is 5.85. The Hall–Kier alpha value is -3.00. The summed E-state index contributed by atoms with van der Waals surface area (Å²) in [5.41, 5.74) is 2.61. The molecule has 0 bridgehead atoms. The predicted molar refractivity (Wildman–Crippen MR) is 127 cm³/mol. The van der Waals surface area contributed by atoms with Crippen molar-refractivity contribution in [1.82, 2.24) is 19.5 Å². The van der Waals surface area contributed by atoms with E-state index >= 15 is 0 Å². The number of hydrogen-bond acceptors (Lipinski definition) is 6. The zero-order valence-corrected chi connectivity index (χ0v) is 19.7. The fourth-order valence-electron chi connectivity index (χ4n) is 3.65. The van der Waals surface area contributed by atoms with Crippen LogP contribution in [0.15, 0.2) is 42.6 Å². The zero-order valence-electron chi connectivity index (χ0n) is 18.9. The molecule has 0 N–H and O–H groups in total. The molecule has 1 aliphatic heterocycles. The van der Waals surface area contributed by atoms with E-state index in [1.807, 2.05) is 74.8 Å². The topological polar surface area (TPSA) is 72.2 Å². The minimum absolute atomic E-state index is 0. The second-order valence-electron chi connectivity index (χ2n) is 8.17. The van der Waals surface area contributed by atoms with Crippen LogP contribution in [-0.2, 0) is 4.74 Å². The fourth-order valence-corrected chi connectivity index (χ4v) is 3.65. The molecule has 1 fully saturated rings. The quantitative estimate of drug-likeness (QED) is 0.567. The first-order valence-electron chi connectivity index (χ1n) is 10.7. The fraction of sp³-hybridized carbons (Fsp3) is 0.435. The van der Waals surface area contributed by atoms with Gasteiger partial charge >= 0.3 is 6.09 Å². The van der Waals surface area contributed by atoms with Gasteiger partial charge in [0.1, 0.15) is 11.6 Å². The normalized spacial score (nSPS) is 14.1. The summed E-state index contributed by atoms with van der Waals surface area (Å²) in [6, 6.07) is 11.9. The molecule has 1 aromatic carbocycles. The Kier molecular flexibility index (Phi) is 7.45. The zero-order chi connectivity index (χ0) is 22.0. The van der Waals surface area contributed by atoms with Gasteiger partial charge in [-0.1, -0.05) is 12.1 Å². The Morgan fingerprint density at radius 1 is 0.969 bits per heavy atom. The molecule has 9 heteroatoms. The van der Waals surface area contributed by atoms with E-state index < -0.39 is 0 Å². The van der Waals surface area contributed by atoms with Crippen molar-refractivity contribution in [2.45, 2.75) is 39.9 Å². The van der Waals surface area contributed by atoms with Crippen molar-refractivity contribution in [1.29, 1.82) is 0 Å². The number of imidazole rings is 1. The number of carbonyl (C=O) groups excluding carboxylic acids is 1. The Morgan fingerprint density at radius 2 is 1.69 bits per heavy atom. The highest BCUT2D eigenvalue weighted by Crippen LogP contribution is 2.31. The number of rotatable bonds is 5. The number of piperazine rings is 1. The SMILES string of the molecule is CC(C)OC(=O)N1CCN(c2ccc3ncc(-c4ccccc4OC(C)C)n3n2)CC1.Cl. The molecule has 3 aromatic rings. The van der Waals surface area contributed by atoms with E-state index in [1.165, 1.54) is 0 Å². The van der Waals surface area contributed by atoms with E-state index in [0.29, 0.717) is 26.2 Å². The molecule has 32 heavy (non-hydrogen) atoms. The van der Waals surface area contributed by atoms with Crippen molar-refractivity contribution in [2.24, 2.45) is 0 Å². The number of para-hydroxylation sites is 1. The summed E-state index contributed by atoms with van der Waals surface area (Å²) in [5, 5.41) is 4.86. The van der Waals surface area contributed by atoms with E-state index in [0.717, 1.165) is 28.5 Å². The van der Waals surface area contributed by atoms with Gasteiger partial charge in [-0.05, 0) is 52.0 Å². The lowest BCUT2D eigenvalue weighted by Gasteiger charge is -2.35. The summed E-state index contributed by atoms with van der Waals surface area (Å²) in [6.07, 6.45) is 1.53. The Bertz CT molecular complexity index is 1060. The van der Waals surface area contributed by atoms with Gasteiger partial charge in [-0.25, -0.2) is 14.3 Å². The minimum Gasteiger partial charge on any atom is -0.490 e. The molecule has 0 unspecified atom stereocenters. The summed E-state index contributed by atoms with van der Waals surface area (Å²) >= 11 is 0. The monoisotopic (exact) mass is 459 g/mol. The third kappa shape index (κ3) is 5.07. The van der Waals surface area contributed by atoms with E-state index in [9.17, 15) is 4.79 Å². The van der Waals surface area contributed by atoms with E-state index in [2.05, 4.69) is 9.88 Å². The number of ether oxygens (including phenoxy) is 2. The van der Waals surface area contributed by atoms with Crippen LogP contribution in [0.4, 0.5) is 10.6 Å². The van der Waals surface area contributed by atoms with Gasteiger partial charge in [0, 0.05) is 31.7 Å². The third-order valence-corrected chi connectivity index (χ3v) is 5.07. The van der Waals surface area contributed by atoms with Gasteiger partial charge < -0.3 is 19.3 Å². The molecule has 0 radical (unpaired) electrons. The van der Waals surface area contributed by atoms with Crippen LogP contribution in [0.25, 0.3) is 16.9 Å². The molecule has 1 aliphatic rings. The number of fused-ring (bicyclic) bond motifs is 1. The van der Waals surface area contributed by atoms with E-state index in [4.69, 9.17) is 14.6 Å². The lowest BCUT2D eigenvalue weighted by Crippen LogP contribution is -2.49. The number of carbonyl (C=O) groups is 1. The number of anilines is 1. The van der Waals surface area contributed by atoms with Crippen molar-refractivity contribution < 1.29 is 14.3 Å². The summed E-state index contributed by atoms with van der Waals surface area (Å²) in [7, 11) is 0. The van der Waals surface area contributed by atoms with Crippen LogP contribution in [0.2, 0.25) is 0 Å². The van der Waals surface area contributed by atoms with E-state index in [1.54, 1.807) is 4.90 Å². The van der Waals surface area contributed by atoms with Crippen LogP contribution in [-0.4, -0.2) is 64.0 Å². The van der Waals surface area contributed by atoms with Gasteiger partial charge in [-0.2, -0.15) is 0 Å². The Morgan fingerprint density at radius 3 is 2.38 bits per heavy atom. The molecule has 172 valence electrons. The summed E-state index contributed by atoms with van der Waals surface area (Å²) in [4.78, 5) is 20.6. The van der Waals surface area contributed by atoms with Crippen LogP contribution in [0.5, 0.6) is 5.75 Å². The second kappa shape index (κ2) is 10.1. The number of benzene rings is 1. The highest BCUT2D eigenvalue weighted by atomic mass is 35.5. The van der Waals surface area contributed by atoms with Crippen LogP contribution in [0.1, 0.15) is 27.7 Å². The first-order chi connectivity index (χ1) is 14.9. The molecule has 0 spiro atoms. The summed E-state index contributed by atoms with van der Waals surface area (Å²) < 4.78 is 13.2. The third-order valence-electron chi connectivity index (χ3n) is 5.07. The molecule has 1 amide bonds. The Labute approximate surface area is 194 Å². The maximum absolute atomic E-state index is 12.1. The number of aromatic nitrogens is 3. The molecule has 2 aromatic heterocycles. The number of hydrogen-bond donors (Lipinski definition) is 0. The number of halogens is 1. The number of amides is 1. The van der Waals surface area contributed by atoms with Crippen molar-refractivity contribution in [3.05, 3.63) is 42.6 Å². The van der Waals surface area contributed by atoms with Crippen molar-refractivity contribution in [2.75, 3.05) is 31.1 Å². The lowest BCUT2D eigenvalue weighted by molar-refractivity contribution is 0.0751. The molecule has 0 atom stereocenters. The molecule has 0 aliphatic carbocycles. The first kappa shape index (κ1) is 23.7. The lowest BCUT2D eigenvalue weighted by atomic mass is 10.1. The summed E-state index contributed by atoms with van der Waals surface area (Å²) in [6.45, 7) is 10.4. The highest BCUT2D eigenvalue weighted by Gasteiger charge is 2.24. The van der Waals surface area contributed by atoms with Crippen molar-refractivity contribution in [3.63, 3.8) is 0 Å². The van der Waals surface area contributed by atoms with Crippen molar-refractivity contribution >= 4 is 30.0 Å². The van der Waals surface area contributed by atoms with Gasteiger partial charge in [0.15, 0.2) is 5.65 Å². The van der Waals surface area contributed by atoms with Gasteiger partial charge in [0.25, 0.3) is 0 Å². The minimum atomic E-state index is -0.253. The van der Waals surface area contributed by atoms with Crippen LogP contribution < -0.4 is 9.64 Å². The average molecular weight is 460 g/mol. The molecule has 3 heterocycles. The molecule has 0 saturated carbocycles. The smallest absolute Gasteiger partial charge is 0.410 e. The average Bonchev–Trinajstić information content (AvgIpc) is 3.16. The molecule has 8 nitrogen and oxygen atoms in total. The van der Waals surface area contributed by atoms with Crippen LogP contribution >= 0.6 is 12.4 Å². The van der Waals surface area contributed by atoms with Gasteiger partial charge in [-0.3, -0.25) is 0 Å². The van der Waals surface area contributed by atoms with Gasteiger partial charge in [0.2, 0.25) is 0 Å². The van der Waals surface area contributed by atoms with Gasteiger partial charge in [0.05, 0.1) is 24.1 Å². The summed E-state index contributed by atoms with van der Waals surface area (Å²) in [5.74, 6) is 1.66. The number of nitrogens with zero attached hydrogens (tertiary/aromatic N) is 5. The first-order valence-corrected chi connectivity index (χ1v) is 10.7. The van der Waals surface area contributed by atoms with Crippen LogP contribution in [0, 0.1) is 0 Å². The standard InChI is InChI=1S/C23H29N5O3.ClH/c1-16(2)30-20-8-6-5-7-18(20)19-15-24-21-9-10-22(25-28(19)21)26-11-13-27(14-12-26)23(29)31-17(3)4;/h5-10,15-17H,11-14H2,1-4H3;1H. The molecular weight excluding hydrogens is 430 g/mol. The Balaban J connectivity index is 0.00000289. The largest absolute Gasteiger partial charge is 0.490 e. The molecule has 1 saturated heterocycles. The predicted octanol–water partition coefficient (Wildman–Crippen LogP) is 4.27. The van der Waals surface area contributed by atoms with Gasteiger partial charge in [-0.15, -0.1) is 17.5 Å². The molecular formula is C23H30ClN5O3. The van der Waals surface area contributed by atoms with E-state index in [-0.39, 0.29) is 30.7 Å².